The van der Waals surface area contributed by atoms with Crippen molar-refractivity contribution in [2.24, 2.45) is 0 Å². The number of nitrogens with zero attached hydrogens (tertiary/aromatic N) is 1. The van der Waals surface area contributed by atoms with Crippen LogP contribution < -0.4 is 10.4 Å². The van der Waals surface area contributed by atoms with Crippen LogP contribution >= 0.6 is 0 Å². The van der Waals surface area contributed by atoms with Crippen molar-refractivity contribution in [1.29, 1.82) is 0 Å². The second kappa shape index (κ2) is 6.29. The van der Waals surface area contributed by atoms with Gasteiger partial charge in [-0.15, -0.1) is 0 Å². The molecule has 0 bridgehead atoms. The third-order valence-corrected chi connectivity index (χ3v) is 5.58. The van der Waals surface area contributed by atoms with E-state index in [9.17, 15) is 4.79 Å². The summed E-state index contributed by atoms with van der Waals surface area (Å²) in [5.41, 5.74) is 5.34. The molecule has 1 aromatic heterocycles. The van der Waals surface area contributed by atoms with Gasteiger partial charge >= 0.3 is 5.63 Å². The monoisotopic (exact) mass is 349 g/mol. The van der Waals surface area contributed by atoms with E-state index >= 15 is 0 Å². The molecule has 134 valence electrons. The molecule has 26 heavy (non-hydrogen) atoms. The van der Waals surface area contributed by atoms with E-state index in [4.69, 9.17) is 9.15 Å². The smallest absolute Gasteiger partial charge is 0.339 e. The third-order valence-electron chi connectivity index (χ3n) is 5.58. The topological polar surface area (TPSA) is 42.7 Å². The third kappa shape index (κ3) is 2.61. The van der Waals surface area contributed by atoms with E-state index in [0.717, 1.165) is 34.4 Å². The van der Waals surface area contributed by atoms with Gasteiger partial charge in [-0.3, -0.25) is 4.90 Å². The van der Waals surface area contributed by atoms with Crippen LogP contribution in [-0.4, -0.2) is 11.6 Å². The number of aryl methyl sites for hydroxylation is 2. The molecule has 0 N–H and O–H groups in total. The molecule has 4 heteroatoms. The lowest BCUT2D eigenvalue weighted by atomic mass is 9.98. The van der Waals surface area contributed by atoms with E-state index in [1.54, 1.807) is 0 Å². The average molecular weight is 349 g/mol. The SMILES string of the molecule is Cc1c(C)c2cc3c(c(C)c2oc1=O)OCN([C@@H](C)c1ccccc1)C3. The Morgan fingerprint density at radius 1 is 1.04 bits per heavy atom. The summed E-state index contributed by atoms with van der Waals surface area (Å²) in [5, 5.41) is 0.996. The molecule has 4 rings (SSSR count). The van der Waals surface area contributed by atoms with E-state index in [1.807, 2.05) is 26.8 Å². The molecule has 1 aliphatic rings. The molecule has 0 saturated heterocycles. The van der Waals surface area contributed by atoms with Gasteiger partial charge in [0, 0.05) is 34.7 Å². The first kappa shape index (κ1) is 16.9. The van der Waals surface area contributed by atoms with Gasteiger partial charge in [0.05, 0.1) is 0 Å². The standard InChI is InChI=1S/C22H23NO3/c1-13-14(2)22(24)26-21-15(3)20-18(10-19(13)21)11-23(12-25-20)16(4)17-8-6-5-7-9-17/h5-10,16H,11-12H2,1-4H3/t16-/m0/s1. The maximum absolute atomic E-state index is 12.1. The summed E-state index contributed by atoms with van der Waals surface area (Å²) >= 11 is 0. The largest absolute Gasteiger partial charge is 0.477 e. The van der Waals surface area contributed by atoms with Crippen LogP contribution in [0.4, 0.5) is 0 Å². The lowest BCUT2D eigenvalue weighted by Crippen LogP contribution is -2.34. The van der Waals surface area contributed by atoms with Crippen molar-refractivity contribution in [2.45, 2.75) is 40.3 Å². The summed E-state index contributed by atoms with van der Waals surface area (Å²) in [6.07, 6.45) is 0. The highest BCUT2D eigenvalue weighted by Gasteiger charge is 2.26. The molecule has 2 aromatic carbocycles. The lowest BCUT2D eigenvalue weighted by Gasteiger charge is -2.34. The number of benzene rings is 2. The highest BCUT2D eigenvalue weighted by Crippen LogP contribution is 2.37. The Morgan fingerprint density at radius 3 is 2.50 bits per heavy atom. The minimum Gasteiger partial charge on any atom is -0.477 e. The minimum absolute atomic E-state index is 0.261. The van der Waals surface area contributed by atoms with Crippen molar-refractivity contribution < 1.29 is 9.15 Å². The number of rotatable bonds is 2. The second-order valence-corrected chi connectivity index (χ2v) is 7.11. The fourth-order valence-electron chi connectivity index (χ4n) is 3.71. The molecule has 0 amide bonds. The number of ether oxygens (including phenoxy) is 1. The predicted molar refractivity (Wildman–Crippen MR) is 103 cm³/mol. The van der Waals surface area contributed by atoms with Gasteiger partial charge in [0.15, 0.2) is 0 Å². The molecular formula is C22H23NO3. The van der Waals surface area contributed by atoms with Gasteiger partial charge in [-0.05, 0) is 44.9 Å². The van der Waals surface area contributed by atoms with Gasteiger partial charge in [0.2, 0.25) is 0 Å². The number of fused-ring (bicyclic) bond motifs is 2. The van der Waals surface area contributed by atoms with E-state index in [1.165, 1.54) is 5.56 Å². The summed E-state index contributed by atoms with van der Waals surface area (Å²) in [4.78, 5) is 14.4. The first-order chi connectivity index (χ1) is 12.5. The fraction of sp³-hybridized carbons (Fsp3) is 0.318. The van der Waals surface area contributed by atoms with Crippen LogP contribution in [0.5, 0.6) is 5.75 Å². The van der Waals surface area contributed by atoms with Crippen molar-refractivity contribution in [2.75, 3.05) is 6.73 Å². The number of hydrogen-bond donors (Lipinski definition) is 0. The van der Waals surface area contributed by atoms with Crippen LogP contribution in [0.15, 0.2) is 45.6 Å². The van der Waals surface area contributed by atoms with Gasteiger partial charge in [-0.25, -0.2) is 4.79 Å². The lowest BCUT2D eigenvalue weighted by molar-refractivity contribution is 0.0613. The van der Waals surface area contributed by atoms with Gasteiger partial charge < -0.3 is 9.15 Å². The molecule has 0 fully saturated rings. The molecule has 0 unspecified atom stereocenters. The van der Waals surface area contributed by atoms with Crippen LogP contribution in [0.1, 0.15) is 40.8 Å². The second-order valence-electron chi connectivity index (χ2n) is 7.11. The summed E-state index contributed by atoms with van der Waals surface area (Å²) in [5.74, 6) is 0.848. The molecule has 1 aliphatic heterocycles. The molecular weight excluding hydrogens is 326 g/mol. The quantitative estimate of drug-likeness (QED) is 0.633. The zero-order valence-electron chi connectivity index (χ0n) is 15.6. The van der Waals surface area contributed by atoms with Gasteiger partial charge in [0.25, 0.3) is 0 Å². The molecule has 1 atom stereocenters. The fourth-order valence-corrected chi connectivity index (χ4v) is 3.71. The van der Waals surface area contributed by atoms with Gasteiger partial charge in [-0.2, -0.15) is 0 Å². The Labute approximate surface area is 153 Å². The van der Waals surface area contributed by atoms with Crippen molar-refractivity contribution in [3.05, 3.63) is 74.6 Å². The Morgan fingerprint density at radius 2 is 1.77 bits per heavy atom. The molecule has 0 aliphatic carbocycles. The van der Waals surface area contributed by atoms with E-state index in [0.29, 0.717) is 17.9 Å². The highest BCUT2D eigenvalue weighted by atomic mass is 16.5. The van der Waals surface area contributed by atoms with E-state index in [2.05, 4.69) is 42.2 Å². The summed E-state index contributed by atoms with van der Waals surface area (Å²) in [6, 6.07) is 12.8. The highest BCUT2D eigenvalue weighted by molar-refractivity contribution is 5.87. The van der Waals surface area contributed by atoms with Crippen molar-refractivity contribution in [3.8, 4) is 5.75 Å². The molecule has 0 saturated carbocycles. The zero-order chi connectivity index (χ0) is 18.4. The maximum atomic E-state index is 12.1. The maximum Gasteiger partial charge on any atom is 0.339 e. The Bertz CT molecular complexity index is 1040. The normalized spacial score (nSPS) is 15.5. The molecule has 2 heterocycles. The minimum atomic E-state index is -0.270. The Hall–Kier alpha value is -2.59. The van der Waals surface area contributed by atoms with Crippen LogP contribution in [0.3, 0.4) is 0 Å². The Balaban J connectivity index is 1.78. The van der Waals surface area contributed by atoms with Crippen molar-refractivity contribution >= 4 is 11.0 Å². The molecule has 0 radical (unpaired) electrons. The van der Waals surface area contributed by atoms with Crippen LogP contribution in [0.25, 0.3) is 11.0 Å². The summed E-state index contributed by atoms with van der Waals surface area (Å²) in [6.45, 7) is 9.29. The first-order valence-corrected chi connectivity index (χ1v) is 8.95. The van der Waals surface area contributed by atoms with Gasteiger partial charge in [0.1, 0.15) is 18.1 Å². The van der Waals surface area contributed by atoms with Crippen molar-refractivity contribution in [1.82, 2.24) is 4.90 Å². The first-order valence-electron chi connectivity index (χ1n) is 8.95. The van der Waals surface area contributed by atoms with E-state index in [-0.39, 0.29) is 11.7 Å². The zero-order valence-corrected chi connectivity index (χ0v) is 15.6. The van der Waals surface area contributed by atoms with Crippen LogP contribution in [0.2, 0.25) is 0 Å². The number of hydrogen-bond acceptors (Lipinski definition) is 4. The summed E-state index contributed by atoms with van der Waals surface area (Å²) < 4.78 is 11.7. The van der Waals surface area contributed by atoms with E-state index < -0.39 is 0 Å². The van der Waals surface area contributed by atoms with Crippen LogP contribution in [0, 0.1) is 20.8 Å². The predicted octanol–water partition coefficient (Wildman–Crippen LogP) is 4.63. The Kier molecular flexibility index (Phi) is 4.08. The summed E-state index contributed by atoms with van der Waals surface area (Å²) in [7, 11) is 0. The van der Waals surface area contributed by atoms with Crippen LogP contribution in [-0.2, 0) is 6.54 Å². The van der Waals surface area contributed by atoms with Crippen molar-refractivity contribution in [3.63, 3.8) is 0 Å². The molecule has 3 aromatic rings. The molecule has 0 spiro atoms. The average Bonchev–Trinajstić information content (AvgIpc) is 2.67. The van der Waals surface area contributed by atoms with Gasteiger partial charge in [-0.1, -0.05) is 30.3 Å². The molecule has 4 nitrogen and oxygen atoms in total.